The van der Waals surface area contributed by atoms with Crippen LogP contribution >= 0.6 is 0 Å². The Morgan fingerprint density at radius 1 is 1.19 bits per heavy atom. The summed E-state index contributed by atoms with van der Waals surface area (Å²) in [5.41, 5.74) is 0.987. The topological polar surface area (TPSA) is 105 Å². The van der Waals surface area contributed by atoms with Crippen molar-refractivity contribution in [2.45, 2.75) is 55.4 Å². The summed E-state index contributed by atoms with van der Waals surface area (Å²) in [6.45, 7) is 1.48. The summed E-state index contributed by atoms with van der Waals surface area (Å²) in [5.74, 6) is -0.839. The number of nitrogens with one attached hydrogen (secondary N) is 2. The number of amides is 1. The largest absolute Gasteiger partial charge is 0.394 e. The standard InChI is InChI=1S/C22H27FN2O5S/c1-15(16-6-3-2-4-7-16)24-22(27)13-18-10-11-20(21(14-26)30-18)25-31(28,29)19-9-5-8-17(23)12-19/h2-9,12,15,18,20-21,25-26H,10-11,13-14H2,1H3,(H,24,27)/t15-,18-,20-,21-/m1/s1. The highest BCUT2D eigenvalue weighted by Gasteiger charge is 2.35. The molecule has 7 nitrogen and oxygen atoms in total. The van der Waals surface area contributed by atoms with E-state index in [2.05, 4.69) is 10.0 Å². The Hall–Kier alpha value is -2.33. The molecule has 1 aliphatic rings. The zero-order valence-corrected chi connectivity index (χ0v) is 18.0. The van der Waals surface area contributed by atoms with E-state index in [1.54, 1.807) is 0 Å². The minimum absolute atomic E-state index is 0.108. The summed E-state index contributed by atoms with van der Waals surface area (Å²) >= 11 is 0. The second-order valence-electron chi connectivity index (χ2n) is 7.65. The van der Waals surface area contributed by atoms with Crippen molar-refractivity contribution in [1.29, 1.82) is 0 Å². The van der Waals surface area contributed by atoms with Gasteiger partial charge in [-0.25, -0.2) is 17.5 Å². The average molecular weight is 451 g/mol. The van der Waals surface area contributed by atoms with Gasteiger partial charge in [-0.3, -0.25) is 4.79 Å². The van der Waals surface area contributed by atoms with Gasteiger partial charge in [0.05, 0.1) is 42.2 Å². The van der Waals surface area contributed by atoms with E-state index < -0.39 is 40.7 Å². The normalized spacial score (nSPS) is 22.6. The van der Waals surface area contributed by atoms with Crippen LogP contribution in [0.15, 0.2) is 59.5 Å². The molecular formula is C22H27FN2O5S. The van der Waals surface area contributed by atoms with E-state index in [0.29, 0.717) is 12.8 Å². The van der Waals surface area contributed by atoms with Gasteiger partial charge in [0.15, 0.2) is 0 Å². The molecule has 1 fully saturated rings. The number of halogens is 1. The van der Waals surface area contributed by atoms with E-state index in [1.807, 2.05) is 37.3 Å². The second kappa shape index (κ2) is 10.3. The van der Waals surface area contributed by atoms with Crippen molar-refractivity contribution in [2.75, 3.05) is 6.61 Å². The third-order valence-corrected chi connectivity index (χ3v) is 6.79. The molecule has 0 bridgehead atoms. The highest BCUT2D eigenvalue weighted by atomic mass is 32.2. The van der Waals surface area contributed by atoms with Gasteiger partial charge in [0.2, 0.25) is 15.9 Å². The molecule has 1 amide bonds. The number of carbonyl (C=O) groups excluding carboxylic acids is 1. The molecule has 1 heterocycles. The predicted octanol–water partition coefficient (Wildman–Crippen LogP) is 2.28. The van der Waals surface area contributed by atoms with Crippen LogP contribution in [0.3, 0.4) is 0 Å². The summed E-state index contributed by atoms with van der Waals surface area (Å²) in [5, 5.41) is 12.6. The molecule has 0 radical (unpaired) electrons. The van der Waals surface area contributed by atoms with Crippen LogP contribution in [0, 0.1) is 5.82 Å². The van der Waals surface area contributed by atoms with Crippen LogP contribution in [0.4, 0.5) is 4.39 Å². The van der Waals surface area contributed by atoms with E-state index in [9.17, 15) is 22.7 Å². The Labute approximate surface area is 181 Å². The van der Waals surface area contributed by atoms with Crippen molar-refractivity contribution < 1.29 is 27.4 Å². The third kappa shape index (κ3) is 6.33. The zero-order valence-electron chi connectivity index (χ0n) is 17.2. The van der Waals surface area contributed by atoms with Crippen molar-refractivity contribution in [2.24, 2.45) is 0 Å². The fraction of sp³-hybridized carbons (Fsp3) is 0.409. The number of aliphatic hydroxyl groups is 1. The first-order valence-electron chi connectivity index (χ1n) is 10.2. The van der Waals surface area contributed by atoms with Gasteiger partial charge >= 0.3 is 0 Å². The average Bonchev–Trinajstić information content (AvgIpc) is 2.75. The van der Waals surface area contributed by atoms with Crippen LogP contribution < -0.4 is 10.0 Å². The minimum Gasteiger partial charge on any atom is -0.394 e. The lowest BCUT2D eigenvalue weighted by Gasteiger charge is -2.35. The van der Waals surface area contributed by atoms with Crippen LogP contribution in [0.5, 0.6) is 0 Å². The quantitative estimate of drug-likeness (QED) is 0.572. The highest BCUT2D eigenvalue weighted by molar-refractivity contribution is 7.89. The maximum Gasteiger partial charge on any atom is 0.241 e. The molecule has 4 atom stereocenters. The lowest BCUT2D eigenvalue weighted by molar-refractivity contribution is -0.131. The molecule has 0 saturated carbocycles. The number of ether oxygens (including phenoxy) is 1. The molecule has 31 heavy (non-hydrogen) atoms. The fourth-order valence-corrected chi connectivity index (χ4v) is 4.98. The number of aliphatic hydroxyl groups excluding tert-OH is 1. The summed E-state index contributed by atoms with van der Waals surface area (Å²) in [7, 11) is -3.97. The van der Waals surface area contributed by atoms with Crippen LogP contribution in [-0.2, 0) is 19.6 Å². The number of hydrogen-bond donors (Lipinski definition) is 3. The first-order chi connectivity index (χ1) is 14.8. The Morgan fingerprint density at radius 2 is 1.94 bits per heavy atom. The molecule has 168 valence electrons. The van der Waals surface area contributed by atoms with E-state index in [0.717, 1.165) is 17.7 Å². The summed E-state index contributed by atoms with van der Waals surface area (Å²) in [6, 6.07) is 13.4. The SMILES string of the molecule is C[C@@H](NC(=O)C[C@H]1CC[C@@H](NS(=O)(=O)c2cccc(F)c2)[C@@H](CO)O1)c1ccccc1. The predicted molar refractivity (Wildman–Crippen MR) is 113 cm³/mol. The maximum absolute atomic E-state index is 13.4. The van der Waals surface area contributed by atoms with Gasteiger partial charge in [-0.15, -0.1) is 0 Å². The minimum atomic E-state index is -3.97. The number of sulfonamides is 1. The molecule has 2 aromatic rings. The lowest BCUT2D eigenvalue weighted by atomic mass is 9.97. The van der Waals surface area contributed by atoms with Crippen molar-refractivity contribution in [1.82, 2.24) is 10.0 Å². The van der Waals surface area contributed by atoms with Crippen LogP contribution in [-0.4, -0.2) is 44.3 Å². The Bertz CT molecular complexity index is 986. The Morgan fingerprint density at radius 3 is 2.61 bits per heavy atom. The molecule has 0 unspecified atom stereocenters. The molecule has 0 aromatic heterocycles. The number of benzene rings is 2. The lowest BCUT2D eigenvalue weighted by Crippen LogP contribution is -2.51. The fourth-order valence-electron chi connectivity index (χ4n) is 3.65. The molecule has 2 aromatic carbocycles. The van der Waals surface area contributed by atoms with Gasteiger partial charge in [0.25, 0.3) is 0 Å². The number of rotatable bonds is 8. The maximum atomic E-state index is 13.4. The summed E-state index contributed by atoms with van der Waals surface area (Å²) < 4.78 is 46.8. The molecule has 1 saturated heterocycles. The van der Waals surface area contributed by atoms with Crippen molar-refractivity contribution in [3.63, 3.8) is 0 Å². The van der Waals surface area contributed by atoms with E-state index in [1.165, 1.54) is 12.1 Å². The van der Waals surface area contributed by atoms with E-state index in [-0.39, 0.29) is 23.3 Å². The Kier molecular flexibility index (Phi) is 7.77. The van der Waals surface area contributed by atoms with E-state index in [4.69, 9.17) is 4.74 Å². The molecule has 0 spiro atoms. The molecule has 3 N–H and O–H groups in total. The first kappa shape index (κ1) is 23.3. The molecule has 0 aliphatic carbocycles. The molecular weight excluding hydrogens is 423 g/mol. The first-order valence-corrected chi connectivity index (χ1v) is 11.7. The van der Waals surface area contributed by atoms with Crippen LogP contribution in [0.2, 0.25) is 0 Å². The van der Waals surface area contributed by atoms with Crippen molar-refractivity contribution in [3.8, 4) is 0 Å². The van der Waals surface area contributed by atoms with Crippen molar-refractivity contribution in [3.05, 3.63) is 66.0 Å². The van der Waals surface area contributed by atoms with Gasteiger partial charge in [0.1, 0.15) is 5.82 Å². The van der Waals surface area contributed by atoms with Gasteiger partial charge in [0, 0.05) is 0 Å². The summed E-state index contributed by atoms with van der Waals surface area (Å²) in [4.78, 5) is 12.2. The number of carbonyl (C=O) groups is 1. The third-order valence-electron chi connectivity index (χ3n) is 5.30. The van der Waals surface area contributed by atoms with Crippen molar-refractivity contribution >= 4 is 15.9 Å². The zero-order chi connectivity index (χ0) is 22.4. The van der Waals surface area contributed by atoms with Gasteiger partial charge < -0.3 is 15.2 Å². The number of hydrogen-bond acceptors (Lipinski definition) is 5. The Balaban J connectivity index is 1.56. The molecule has 9 heteroatoms. The second-order valence-corrected chi connectivity index (χ2v) is 9.36. The molecule has 1 aliphatic heterocycles. The van der Waals surface area contributed by atoms with Crippen LogP contribution in [0.25, 0.3) is 0 Å². The van der Waals surface area contributed by atoms with E-state index >= 15 is 0 Å². The monoisotopic (exact) mass is 450 g/mol. The summed E-state index contributed by atoms with van der Waals surface area (Å²) in [6.07, 6.45) is -0.306. The highest BCUT2D eigenvalue weighted by Crippen LogP contribution is 2.24. The molecule has 3 rings (SSSR count). The van der Waals surface area contributed by atoms with Gasteiger partial charge in [-0.1, -0.05) is 36.4 Å². The smallest absolute Gasteiger partial charge is 0.241 e. The van der Waals surface area contributed by atoms with Crippen LogP contribution in [0.1, 0.15) is 37.8 Å². The van der Waals surface area contributed by atoms with Gasteiger partial charge in [-0.2, -0.15) is 0 Å². The van der Waals surface area contributed by atoms with Gasteiger partial charge in [-0.05, 0) is 43.5 Å².